The van der Waals surface area contributed by atoms with Crippen molar-refractivity contribution in [1.82, 2.24) is 5.32 Å². The molecule has 1 amide bonds. The molecule has 0 aliphatic heterocycles. The van der Waals surface area contributed by atoms with Gasteiger partial charge >= 0.3 is 0 Å². The molecule has 0 atom stereocenters. The molecule has 0 radical (unpaired) electrons. The molecule has 4 heteroatoms. The molecule has 1 fully saturated rings. The van der Waals surface area contributed by atoms with Gasteiger partial charge in [0.2, 0.25) is 0 Å². The van der Waals surface area contributed by atoms with Crippen LogP contribution in [-0.4, -0.2) is 16.8 Å². The number of nitrogens with one attached hydrogen (secondary N) is 1. The molecule has 0 unspecified atom stereocenters. The highest BCUT2D eigenvalue weighted by molar-refractivity contribution is 6.53. The first kappa shape index (κ1) is 12.1. The zero-order chi connectivity index (χ0) is 10.4. The number of alkyl halides is 2. The van der Waals surface area contributed by atoms with E-state index in [0.717, 1.165) is 12.8 Å². The first-order valence-corrected chi connectivity index (χ1v) is 6.16. The topological polar surface area (TPSA) is 29.1 Å². The molecule has 0 aromatic carbocycles. The highest BCUT2D eigenvalue weighted by Gasteiger charge is 2.17. The Morgan fingerprint density at radius 3 is 2.07 bits per heavy atom. The predicted molar refractivity (Wildman–Crippen MR) is 59.7 cm³/mol. The fourth-order valence-electron chi connectivity index (χ4n) is 1.86. The molecule has 2 nitrogen and oxygen atoms in total. The summed E-state index contributed by atoms with van der Waals surface area (Å²) in [5.41, 5.74) is 0. The molecule has 0 aromatic rings. The van der Waals surface area contributed by atoms with Crippen molar-refractivity contribution in [3.8, 4) is 0 Å². The van der Waals surface area contributed by atoms with Crippen molar-refractivity contribution < 1.29 is 4.79 Å². The average Bonchev–Trinajstić information content (AvgIpc) is 2.08. The van der Waals surface area contributed by atoms with Crippen LogP contribution in [0, 0.1) is 0 Å². The quantitative estimate of drug-likeness (QED) is 0.736. The van der Waals surface area contributed by atoms with E-state index in [2.05, 4.69) is 5.32 Å². The van der Waals surface area contributed by atoms with Crippen LogP contribution in [0.4, 0.5) is 0 Å². The second kappa shape index (κ2) is 6.52. The number of carbonyl (C=O) groups excluding carboxylic acids is 1. The van der Waals surface area contributed by atoms with E-state index in [1.54, 1.807) is 0 Å². The average molecular weight is 238 g/mol. The Bertz CT molecular complexity index is 177. The third kappa shape index (κ3) is 4.52. The minimum atomic E-state index is -0.930. The highest BCUT2D eigenvalue weighted by Crippen LogP contribution is 2.17. The van der Waals surface area contributed by atoms with Crippen molar-refractivity contribution in [2.24, 2.45) is 0 Å². The molecular formula is C10H17Cl2NO. The normalized spacial score (nSPS) is 20.2. The first-order valence-electron chi connectivity index (χ1n) is 5.28. The van der Waals surface area contributed by atoms with Crippen LogP contribution >= 0.6 is 23.2 Å². The van der Waals surface area contributed by atoms with Crippen molar-refractivity contribution in [3.63, 3.8) is 0 Å². The van der Waals surface area contributed by atoms with Gasteiger partial charge in [-0.05, 0) is 12.8 Å². The molecule has 0 saturated heterocycles. The van der Waals surface area contributed by atoms with Gasteiger partial charge in [-0.2, -0.15) is 0 Å². The summed E-state index contributed by atoms with van der Waals surface area (Å²) in [7, 11) is 0. The lowest BCUT2D eigenvalue weighted by Gasteiger charge is -2.21. The van der Waals surface area contributed by atoms with Gasteiger partial charge in [-0.25, -0.2) is 0 Å². The second-order valence-corrected chi connectivity index (χ2v) is 4.95. The Morgan fingerprint density at radius 1 is 1.07 bits per heavy atom. The van der Waals surface area contributed by atoms with Crippen molar-refractivity contribution >= 4 is 29.1 Å². The Morgan fingerprint density at radius 2 is 1.57 bits per heavy atom. The standard InChI is InChI=1S/C10H17Cl2NO/c11-9(12)10(14)13-8-6-4-2-1-3-5-7-8/h8-9H,1-7H2,(H,13,14). The Hall–Kier alpha value is 0.0500. The second-order valence-electron chi connectivity index (χ2n) is 3.85. The minimum absolute atomic E-state index is 0.251. The number of hydrogen-bond acceptors (Lipinski definition) is 1. The Balaban J connectivity index is 2.30. The third-order valence-electron chi connectivity index (χ3n) is 2.65. The monoisotopic (exact) mass is 237 g/mol. The molecule has 1 rings (SSSR count). The van der Waals surface area contributed by atoms with Gasteiger partial charge < -0.3 is 5.32 Å². The largest absolute Gasteiger partial charge is 0.351 e. The highest BCUT2D eigenvalue weighted by atomic mass is 35.5. The van der Waals surface area contributed by atoms with Gasteiger partial charge in [0.1, 0.15) is 0 Å². The van der Waals surface area contributed by atoms with Crippen LogP contribution in [0.2, 0.25) is 0 Å². The van der Waals surface area contributed by atoms with Gasteiger partial charge in [0, 0.05) is 6.04 Å². The molecule has 82 valence electrons. The smallest absolute Gasteiger partial charge is 0.253 e. The summed E-state index contributed by atoms with van der Waals surface area (Å²) in [6, 6.07) is 0.280. The molecule has 1 aliphatic carbocycles. The minimum Gasteiger partial charge on any atom is -0.351 e. The van der Waals surface area contributed by atoms with Gasteiger partial charge in [0.05, 0.1) is 0 Å². The lowest BCUT2D eigenvalue weighted by atomic mass is 9.97. The van der Waals surface area contributed by atoms with E-state index in [1.807, 2.05) is 0 Å². The van der Waals surface area contributed by atoms with Crippen LogP contribution in [-0.2, 0) is 4.79 Å². The summed E-state index contributed by atoms with van der Waals surface area (Å²) in [6.45, 7) is 0. The van der Waals surface area contributed by atoms with E-state index in [9.17, 15) is 4.79 Å². The molecule has 0 spiro atoms. The summed E-state index contributed by atoms with van der Waals surface area (Å²) < 4.78 is 0. The van der Waals surface area contributed by atoms with E-state index in [1.165, 1.54) is 32.1 Å². The van der Waals surface area contributed by atoms with E-state index in [0.29, 0.717) is 0 Å². The Kier molecular flexibility index (Phi) is 5.64. The SMILES string of the molecule is O=C(NC1CCCCCCC1)C(Cl)Cl. The first-order chi connectivity index (χ1) is 6.70. The number of hydrogen-bond donors (Lipinski definition) is 1. The number of rotatable bonds is 2. The summed E-state index contributed by atoms with van der Waals surface area (Å²) >= 11 is 10.9. The number of halogens is 2. The molecule has 0 bridgehead atoms. The van der Waals surface area contributed by atoms with E-state index >= 15 is 0 Å². The van der Waals surface area contributed by atoms with Crippen LogP contribution in [0.5, 0.6) is 0 Å². The van der Waals surface area contributed by atoms with Crippen molar-refractivity contribution in [3.05, 3.63) is 0 Å². The predicted octanol–water partition coefficient (Wildman–Crippen LogP) is 3.02. The van der Waals surface area contributed by atoms with Crippen molar-refractivity contribution in [2.45, 2.75) is 55.8 Å². The molecule has 0 heterocycles. The molecule has 1 N–H and O–H groups in total. The van der Waals surface area contributed by atoms with Crippen LogP contribution in [0.15, 0.2) is 0 Å². The fourth-order valence-corrected chi connectivity index (χ4v) is 1.99. The van der Waals surface area contributed by atoms with Gasteiger partial charge in [0.25, 0.3) is 5.91 Å². The zero-order valence-corrected chi connectivity index (χ0v) is 9.78. The number of amides is 1. The van der Waals surface area contributed by atoms with Gasteiger partial charge in [0.15, 0.2) is 4.84 Å². The Labute approximate surface area is 95.3 Å². The maximum Gasteiger partial charge on any atom is 0.253 e. The van der Waals surface area contributed by atoms with Crippen molar-refractivity contribution in [1.29, 1.82) is 0 Å². The van der Waals surface area contributed by atoms with Gasteiger partial charge in [-0.1, -0.05) is 55.3 Å². The summed E-state index contributed by atoms with van der Waals surface area (Å²) in [5.74, 6) is -0.251. The molecule has 14 heavy (non-hydrogen) atoms. The fraction of sp³-hybridized carbons (Fsp3) is 0.900. The van der Waals surface area contributed by atoms with Crippen LogP contribution in [0.1, 0.15) is 44.9 Å². The molecule has 1 saturated carbocycles. The van der Waals surface area contributed by atoms with Gasteiger partial charge in [-0.15, -0.1) is 0 Å². The summed E-state index contributed by atoms with van der Waals surface area (Å²) in [4.78, 5) is 10.3. The van der Waals surface area contributed by atoms with Crippen molar-refractivity contribution in [2.75, 3.05) is 0 Å². The maximum absolute atomic E-state index is 11.2. The maximum atomic E-state index is 11.2. The van der Waals surface area contributed by atoms with Gasteiger partial charge in [-0.3, -0.25) is 4.79 Å². The molecule has 0 aromatic heterocycles. The summed E-state index contributed by atoms with van der Waals surface area (Å²) in [5, 5.41) is 2.88. The van der Waals surface area contributed by atoms with Crippen LogP contribution in [0.25, 0.3) is 0 Å². The van der Waals surface area contributed by atoms with Crippen LogP contribution in [0.3, 0.4) is 0 Å². The van der Waals surface area contributed by atoms with E-state index in [4.69, 9.17) is 23.2 Å². The molecular weight excluding hydrogens is 221 g/mol. The van der Waals surface area contributed by atoms with E-state index in [-0.39, 0.29) is 11.9 Å². The van der Waals surface area contributed by atoms with Crippen LogP contribution < -0.4 is 5.32 Å². The lowest BCUT2D eigenvalue weighted by molar-refractivity contribution is -0.120. The zero-order valence-electron chi connectivity index (χ0n) is 8.27. The van der Waals surface area contributed by atoms with E-state index < -0.39 is 4.84 Å². The summed E-state index contributed by atoms with van der Waals surface area (Å²) in [6.07, 6.45) is 8.39. The number of carbonyl (C=O) groups is 1. The third-order valence-corrected chi connectivity index (χ3v) is 3.05. The molecule has 1 aliphatic rings. The lowest BCUT2D eigenvalue weighted by Crippen LogP contribution is -2.38.